The minimum absolute atomic E-state index is 0.332. The van der Waals surface area contributed by atoms with Gasteiger partial charge in [0, 0.05) is 6.54 Å². The van der Waals surface area contributed by atoms with Crippen LogP contribution in [0, 0.1) is 0 Å². The fourth-order valence-corrected chi connectivity index (χ4v) is 3.21. The first kappa shape index (κ1) is 16.5. The number of fused-ring (bicyclic) bond motifs is 2. The van der Waals surface area contributed by atoms with Gasteiger partial charge in [0.1, 0.15) is 0 Å². The van der Waals surface area contributed by atoms with Crippen LogP contribution in [0.4, 0.5) is 0 Å². The molecule has 0 aliphatic carbocycles. The lowest BCUT2D eigenvalue weighted by atomic mass is 10.1. The highest BCUT2D eigenvalue weighted by atomic mass is 16.4. The maximum atomic E-state index is 10.6. The highest BCUT2D eigenvalue weighted by molar-refractivity contribution is 5.94. The average Bonchev–Trinajstić information content (AvgIpc) is 2.87. The van der Waals surface area contributed by atoms with Crippen LogP contribution in [0.5, 0.6) is 0 Å². The standard InChI is InChI=1S/C11H8O2.C9H16N2/c12-11(13)10-6-5-8-3-1-2-4-9(8)7-10;1-2-5-9-10-6-4-8-11(9)7-3-1/h1-7H,(H,12,13);3,7,9-10H,1-2,4-6,8H2. The van der Waals surface area contributed by atoms with Gasteiger partial charge in [-0.2, -0.15) is 0 Å². The maximum Gasteiger partial charge on any atom is 0.335 e. The van der Waals surface area contributed by atoms with Gasteiger partial charge in [0.05, 0.1) is 11.7 Å². The first-order chi connectivity index (χ1) is 11.7. The van der Waals surface area contributed by atoms with E-state index in [1.54, 1.807) is 12.1 Å². The number of nitrogens with one attached hydrogen (secondary N) is 1. The fraction of sp³-hybridized carbons (Fsp3) is 0.350. The number of hydrogen-bond donors (Lipinski definition) is 2. The summed E-state index contributed by atoms with van der Waals surface area (Å²) >= 11 is 0. The van der Waals surface area contributed by atoms with Crippen molar-refractivity contribution >= 4 is 16.7 Å². The number of nitrogens with zero attached hydrogens (tertiary/aromatic N) is 1. The SMILES string of the molecule is C1=CN2CCCNC2CCC1.O=C(O)c1ccc2ccccc2c1. The van der Waals surface area contributed by atoms with E-state index >= 15 is 0 Å². The van der Waals surface area contributed by atoms with Gasteiger partial charge < -0.3 is 10.0 Å². The molecule has 0 spiro atoms. The number of carbonyl (C=O) groups is 1. The molecule has 4 rings (SSSR count). The van der Waals surface area contributed by atoms with E-state index in [0.717, 1.165) is 10.8 Å². The topological polar surface area (TPSA) is 52.6 Å². The molecule has 1 atom stereocenters. The molecule has 1 unspecified atom stereocenters. The Hall–Kier alpha value is -2.33. The monoisotopic (exact) mass is 324 g/mol. The van der Waals surface area contributed by atoms with Gasteiger partial charge in [0.2, 0.25) is 0 Å². The van der Waals surface area contributed by atoms with E-state index in [0.29, 0.717) is 11.7 Å². The molecule has 0 aromatic heterocycles. The molecule has 1 fully saturated rings. The molecule has 4 nitrogen and oxygen atoms in total. The van der Waals surface area contributed by atoms with Crippen molar-refractivity contribution < 1.29 is 9.90 Å². The average molecular weight is 324 g/mol. The van der Waals surface area contributed by atoms with Crippen molar-refractivity contribution in [2.24, 2.45) is 0 Å². The number of aromatic carboxylic acids is 1. The maximum absolute atomic E-state index is 10.6. The Morgan fingerprint density at radius 2 is 1.96 bits per heavy atom. The van der Waals surface area contributed by atoms with Gasteiger partial charge in [-0.3, -0.25) is 5.32 Å². The minimum atomic E-state index is -0.884. The van der Waals surface area contributed by atoms with Gasteiger partial charge in [0.25, 0.3) is 0 Å². The van der Waals surface area contributed by atoms with Crippen LogP contribution in [0.1, 0.15) is 36.0 Å². The van der Waals surface area contributed by atoms with Crippen molar-refractivity contribution in [3.05, 3.63) is 60.3 Å². The van der Waals surface area contributed by atoms with E-state index in [4.69, 9.17) is 5.11 Å². The number of carboxylic acids is 1. The third kappa shape index (κ3) is 4.15. The van der Waals surface area contributed by atoms with E-state index in [1.165, 1.54) is 38.8 Å². The quantitative estimate of drug-likeness (QED) is 0.837. The van der Waals surface area contributed by atoms with Gasteiger partial charge in [-0.25, -0.2) is 4.79 Å². The lowest BCUT2D eigenvalue weighted by molar-refractivity contribution is 0.0697. The van der Waals surface area contributed by atoms with Crippen LogP contribution in [0.2, 0.25) is 0 Å². The molecule has 2 N–H and O–H groups in total. The summed E-state index contributed by atoms with van der Waals surface area (Å²) in [6.07, 6.45) is 10.4. The molecule has 24 heavy (non-hydrogen) atoms. The van der Waals surface area contributed by atoms with Crippen molar-refractivity contribution in [1.29, 1.82) is 0 Å². The second-order valence-corrected chi connectivity index (χ2v) is 6.24. The third-order valence-electron chi connectivity index (χ3n) is 4.52. The Kier molecular flexibility index (Phi) is 5.49. The molecule has 0 amide bonds. The number of rotatable bonds is 1. The molecular weight excluding hydrogens is 300 g/mol. The molecule has 2 aromatic carbocycles. The van der Waals surface area contributed by atoms with Crippen LogP contribution in [0.15, 0.2) is 54.7 Å². The zero-order valence-electron chi connectivity index (χ0n) is 13.8. The lowest BCUT2D eigenvalue weighted by Gasteiger charge is -2.34. The fourth-order valence-electron chi connectivity index (χ4n) is 3.21. The van der Waals surface area contributed by atoms with Crippen LogP contribution >= 0.6 is 0 Å². The second-order valence-electron chi connectivity index (χ2n) is 6.24. The van der Waals surface area contributed by atoms with Crippen LogP contribution < -0.4 is 5.32 Å². The highest BCUT2D eigenvalue weighted by Crippen LogP contribution is 2.16. The van der Waals surface area contributed by atoms with E-state index in [9.17, 15) is 4.79 Å². The van der Waals surface area contributed by atoms with Crippen molar-refractivity contribution in [2.45, 2.75) is 31.8 Å². The number of benzene rings is 2. The summed E-state index contributed by atoms with van der Waals surface area (Å²) in [7, 11) is 0. The Morgan fingerprint density at radius 1 is 1.12 bits per heavy atom. The number of carboxylic acid groups (broad SMARTS) is 1. The minimum Gasteiger partial charge on any atom is -0.478 e. The molecule has 0 bridgehead atoms. The van der Waals surface area contributed by atoms with Crippen LogP contribution in [-0.2, 0) is 0 Å². The predicted molar refractivity (Wildman–Crippen MR) is 97.0 cm³/mol. The summed E-state index contributed by atoms with van der Waals surface area (Å²) in [5, 5.41) is 14.3. The first-order valence-electron chi connectivity index (χ1n) is 8.62. The summed E-state index contributed by atoms with van der Waals surface area (Å²) in [5.41, 5.74) is 0.332. The molecule has 2 aliphatic rings. The van der Waals surface area contributed by atoms with E-state index in [-0.39, 0.29) is 0 Å². The molecule has 2 heterocycles. The largest absolute Gasteiger partial charge is 0.478 e. The molecule has 1 saturated heterocycles. The van der Waals surface area contributed by atoms with Gasteiger partial charge >= 0.3 is 5.97 Å². The highest BCUT2D eigenvalue weighted by Gasteiger charge is 2.19. The third-order valence-corrected chi connectivity index (χ3v) is 4.52. The summed E-state index contributed by atoms with van der Waals surface area (Å²) in [4.78, 5) is 13.1. The van der Waals surface area contributed by atoms with E-state index in [1.807, 2.05) is 30.3 Å². The van der Waals surface area contributed by atoms with Crippen LogP contribution in [-0.4, -0.2) is 35.2 Å². The van der Waals surface area contributed by atoms with Crippen molar-refractivity contribution in [3.8, 4) is 0 Å². The molecule has 126 valence electrons. The number of hydrogen-bond acceptors (Lipinski definition) is 3. The van der Waals surface area contributed by atoms with Crippen LogP contribution in [0.3, 0.4) is 0 Å². The first-order valence-corrected chi connectivity index (χ1v) is 8.62. The smallest absolute Gasteiger partial charge is 0.335 e. The summed E-state index contributed by atoms with van der Waals surface area (Å²) in [6.45, 7) is 2.45. The zero-order valence-corrected chi connectivity index (χ0v) is 13.8. The van der Waals surface area contributed by atoms with Crippen LogP contribution in [0.25, 0.3) is 10.8 Å². The zero-order chi connectivity index (χ0) is 16.8. The Balaban J connectivity index is 0.000000143. The van der Waals surface area contributed by atoms with Crippen molar-refractivity contribution in [2.75, 3.05) is 13.1 Å². The normalized spacial score (nSPS) is 19.8. The van der Waals surface area contributed by atoms with E-state index < -0.39 is 5.97 Å². The lowest BCUT2D eigenvalue weighted by Crippen LogP contribution is -2.48. The molecule has 2 aromatic rings. The summed E-state index contributed by atoms with van der Waals surface area (Å²) in [6, 6.07) is 12.8. The second kappa shape index (κ2) is 7.97. The molecule has 4 heteroatoms. The predicted octanol–water partition coefficient (Wildman–Crippen LogP) is 3.84. The number of allylic oxidation sites excluding steroid dienone is 1. The van der Waals surface area contributed by atoms with Gasteiger partial charge in [-0.1, -0.05) is 36.4 Å². The molecular formula is C20H24N2O2. The molecule has 0 radical (unpaired) electrons. The Bertz CT molecular complexity index is 726. The summed E-state index contributed by atoms with van der Waals surface area (Å²) < 4.78 is 0. The molecule has 2 aliphatic heterocycles. The van der Waals surface area contributed by atoms with Crippen molar-refractivity contribution in [3.63, 3.8) is 0 Å². The Morgan fingerprint density at radius 3 is 2.79 bits per heavy atom. The van der Waals surface area contributed by atoms with Gasteiger partial charge in [-0.05, 0) is 61.3 Å². The Labute approximate surface area is 142 Å². The molecule has 0 saturated carbocycles. The van der Waals surface area contributed by atoms with E-state index in [2.05, 4.69) is 22.5 Å². The summed E-state index contributed by atoms with van der Waals surface area (Å²) in [5.74, 6) is -0.884. The van der Waals surface area contributed by atoms with Gasteiger partial charge in [0.15, 0.2) is 0 Å². The van der Waals surface area contributed by atoms with Crippen molar-refractivity contribution in [1.82, 2.24) is 10.2 Å². The van der Waals surface area contributed by atoms with Gasteiger partial charge in [-0.15, -0.1) is 0 Å².